The summed E-state index contributed by atoms with van der Waals surface area (Å²) < 4.78 is 7.88. The van der Waals surface area contributed by atoms with Crippen LogP contribution in [0, 0.1) is 148 Å². The van der Waals surface area contributed by atoms with E-state index in [0.29, 0.717) is 125 Å². The Hall–Kier alpha value is -1.54. The maximum atomic E-state index is 12.9. The molecule has 398 valence electrons. The zero-order valence-corrected chi connectivity index (χ0v) is 47.8. The van der Waals surface area contributed by atoms with Crippen molar-refractivity contribution in [1.29, 1.82) is 0 Å². The number of aliphatic hydroxyl groups is 1. The molecule has 10 aliphatic carbocycles. The van der Waals surface area contributed by atoms with Gasteiger partial charge in [-0.05, 0) is 271 Å². The average Bonchev–Trinajstić information content (AvgIpc) is 3.34. The second-order valence-corrected chi connectivity index (χ2v) is 29.5. The smallest absolute Gasteiger partial charge is 0.0919 e. The summed E-state index contributed by atoms with van der Waals surface area (Å²) in [6.45, 7) is 28.5. The van der Waals surface area contributed by atoms with Crippen LogP contribution in [0.15, 0.2) is 59.4 Å². The summed E-state index contributed by atoms with van der Waals surface area (Å²) in [7, 11) is 0. The lowest BCUT2D eigenvalue weighted by atomic mass is 9.48. The van der Waals surface area contributed by atoms with Gasteiger partial charge in [-0.1, -0.05) is 136 Å². The standard InChI is InChI=1S/C69H110O2/c1-40-12-22-51(23-13-40)66-56-36-57(46(7)32-45(56)6)67(52-24-14-41(2)15-25-52)61-39-63(65(35-50(61)11)71-55-30-20-44(5)21-31-55)69(54-28-18-43(4)19-29-54)59-37-58(47(8)33-48(59)9)68(53-26-16-42(3)17-27-53)62-38-60(66)49(10)34-64(62)70/h14,18-19,24,28,32,34,40-42,44,46-63,65-70H,12-13,15-17,20-23,25-27,29-31,33,35-39H2,1-11H3. The Balaban J connectivity index is 1.16. The molecule has 2 nitrogen and oxygen atoms in total. The van der Waals surface area contributed by atoms with Gasteiger partial charge in [0, 0.05) is 5.92 Å². The van der Waals surface area contributed by atoms with Crippen molar-refractivity contribution in [3.05, 3.63) is 59.4 Å². The average molecular weight is 972 g/mol. The Morgan fingerprint density at radius 1 is 0.451 bits per heavy atom. The molecule has 0 aromatic carbocycles. The molecule has 21 unspecified atom stereocenters. The number of hydrogen-bond acceptors (Lipinski definition) is 2. The van der Waals surface area contributed by atoms with Crippen molar-refractivity contribution in [2.24, 2.45) is 148 Å². The van der Waals surface area contributed by atoms with Crippen LogP contribution in [-0.4, -0.2) is 17.3 Å². The van der Waals surface area contributed by atoms with Crippen molar-refractivity contribution >= 4 is 0 Å². The summed E-state index contributed by atoms with van der Waals surface area (Å²) in [5, 5.41) is 12.9. The molecule has 2 heteroatoms. The number of allylic oxidation sites excluding steroid dienone is 10. The largest absolute Gasteiger partial charge is 0.512 e. The normalized spacial score (nSPS) is 51.9. The molecule has 71 heavy (non-hydrogen) atoms. The highest BCUT2D eigenvalue weighted by Crippen LogP contribution is 2.62. The molecule has 0 radical (unpaired) electrons. The maximum Gasteiger partial charge on any atom is 0.0919 e. The first-order valence-corrected chi connectivity index (χ1v) is 31.9. The van der Waals surface area contributed by atoms with E-state index in [0.717, 1.165) is 41.3 Å². The fourth-order valence-corrected chi connectivity index (χ4v) is 20.8. The fraction of sp³-hybridized carbons (Fsp3) is 0.855. The van der Waals surface area contributed by atoms with E-state index in [2.05, 4.69) is 119 Å². The van der Waals surface area contributed by atoms with Gasteiger partial charge < -0.3 is 9.84 Å². The van der Waals surface area contributed by atoms with Crippen LogP contribution in [0.3, 0.4) is 0 Å². The highest BCUT2D eigenvalue weighted by molar-refractivity contribution is 5.24. The summed E-state index contributed by atoms with van der Waals surface area (Å²) >= 11 is 0. The molecule has 0 aromatic rings. The van der Waals surface area contributed by atoms with Crippen LogP contribution in [-0.2, 0) is 4.74 Å². The SMILES string of the molecule is CC1=CCC(C2C3CC(C(C)CC3C)C(C3CCC(C)CC3)C3CC(C(C)C=C3O)C(C3CCC(C)CC3)C3CC(C(C)C=C3C)C(C3C=CC(C)CC3)C3CC2C(OC2CCC(C)CC2)CC3C)C=C1. The molecule has 8 bridgehead atoms. The highest BCUT2D eigenvalue weighted by Gasteiger charge is 2.56. The minimum atomic E-state index is 0.307. The Kier molecular flexibility index (Phi) is 16.8. The van der Waals surface area contributed by atoms with Crippen LogP contribution in [0.5, 0.6) is 0 Å². The monoisotopic (exact) mass is 971 g/mol. The van der Waals surface area contributed by atoms with E-state index >= 15 is 0 Å². The van der Waals surface area contributed by atoms with Crippen LogP contribution in [0.2, 0.25) is 0 Å². The van der Waals surface area contributed by atoms with Gasteiger partial charge in [-0.2, -0.15) is 0 Å². The first-order chi connectivity index (χ1) is 34.1. The van der Waals surface area contributed by atoms with Crippen molar-refractivity contribution in [2.45, 2.75) is 223 Å². The molecule has 6 saturated carbocycles. The second kappa shape index (κ2) is 22.6. The lowest BCUT2D eigenvalue weighted by Crippen LogP contribution is -2.52. The summed E-state index contributed by atoms with van der Waals surface area (Å²) in [5.41, 5.74) is 3.22. The van der Waals surface area contributed by atoms with E-state index in [4.69, 9.17) is 4.74 Å². The van der Waals surface area contributed by atoms with E-state index in [1.807, 2.05) is 0 Å². The van der Waals surface area contributed by atoms with Crippen LogP contribution < -0.4 is 0 Å². The predicted octanol–water partition coefficient (Wildman–Crippen LogP) is 19.1. The number of fused-ring (bicyclic) bond motifs is 8. The summed E-state index contributed by atoms with van der Waals surface area (Å²) in [6, 6.07) is 0. The Labute approximate surface area is 438 Å². The Morgan fingerprint density at radius 3 is 1.56 bits per heavy atom. The highest BCUT2D eigenvalue weighted by atomic mass is 16.5. The van der Waals surface area contributed by atoms with Gasteiger partial charge in [0.2, 0.25) is 0 Å². The van der Waals surface area contributed by atoms with Crippen molar-refractivity contribution in [2.75, 3.05) is 0 Å². The Morgan fingerprint density at radius 2 is 0.972 bits per heavy atom. The molecule has 0 spiro atoms. The first-order valence-electron chi connectivity index (χ1n) is 31.9. The third-order valence-corrected chi connectivity index (χ3v) is 24.8. The zero-order valence-electron chi connectivity index (χ0n) is 47.8. The van der Waals surface area contributed by atoms with Crippen molar-refractivity contribution in [3.8, 4) is 0 Å². The lowest BCUT2D eigenvalue weighted by molar-refractivity contribution is -0.139. The molecule has 0 heterocycles. The third-order valence-electron chi connectivity index (χ3n) is 24.8. The minimum Gasteiger partial charge on any atom is -0.512 e. The van der Waals surface area contributed by atoms with E-state index in [9.17, 15) is 5.11 Å². The van der Waals surface area contributed by atoms with Gasteiger partial charge in [-0.25, -0.2) is 0 Å². The van der Waals surface area contributed by atoms with Gasteiger partial charge in [-0.15, -0.1) is 0 Å². The Bertz CT molecular complexity index is 1910. The van der Waals surface area contributed by atoms with E-state index in [1.165, 1.54) is 140 Å². The van der Waals surface area contributed by atoms with E-state index < -0.39 is 0 Å². The number of hydrogen-bond donors (Lipinski definition) is 1. The molecule has 10 aliphatic rings. The van der Waals surface area contributed by atoms with Crippen molar-refractivity contribution in [1.82, 2.24) is 0 Å². The predicted molar refractivity (Wildman–Crippen MR) is 300 cm³/mol. The minimum absolute atomic E-state index is 0.307. The molecule has 0 aromatic heterocycles. The number of rotatable bonds is 6. The van der Waals surface area contributed by atoms with Gasteiger partial charge >= 0.3 is 0 Å². The maximum absolute atomic E-state index is 12.9. The molecule has 6 fully saturated rings. The molecule has 1 N–H and O–H groups in total. The van der Waals surface area contributed by atoms with Crippen LogP contribution in [0.25, 0.3) is 0 Å². The fourth-order valence-electron chi connectivity index (χ4n) is 20.8. The van der Waals surface area contributed by atoms with Crippen molar-refractivity contribution in [3.63, 3.8) is 0 Å². The lowest BCUT2D eigenvalue weighted by Gasteiger charge is -2.57. The van der Waals surface area contributed by atoms with Gasteiger partial charge in [-0.3, -0.25) is 0 Å². The molecule has 0 saturated heterocycles. The molecule has 10 rings (SSSR count). The second-order valence-electron chi connectivity index (χ2n) is 29.5. The number of aliphatic hydroxyl groups excluding tert-OH is 1. The first kappa shape index (κ1) is 52.9. The summed E-state index contributed by atoms with van der Waals surface area (Å²) in [5.74, 6) is 17.6. The summed E-state index contributed by atoms with van der Waals surface area (Å²) in [6.07, 6.45) is 47.9. The molecule has 0 aliphatic heterocycles. The van der Waals surface area contributed by atoms with E-state index in [-0.39, 0.29) is 0 Å². The van der Waals surface area contributed by atoms with Gasteiger partial charge in [0.25, 0.3) is 0 Å². The summed E-state index contributed by atoms with van der Waals surface area (Å²) in [4.78, 5) is 0. The molecular weight excluding hydrogens is 861 g/mol. The molecule has 21 atom stereocenters. The van der Waals surface area contributed by atoms with Crippen LogP contribution >= 0.6 is 0 Å². The van der Waals surface area contributed by atoms with Crippen LogP contribution in [0.1, 0.15) is 211 Å². The van der Waals surface area contributed by atoms with Crippen molar-refractivity contribution < 1.29 is 9.84 Å². The van der Waals surface area contributed by atoms with Gasteiger partial charge in [0.15, 0.2) is 0 Å². The molecular formula is C69H110O2. The van der Waals surface area contributed by atoms with Gasteiger partial charge in [0.1, 0.15) is 0 Å². The number of ether oxygens (including phenoxy) is 1. The zero-order chi connectivity index (χ0) is 49.8. The quantitative estimate of drug-likeness (QED) is 0.269. The van der Waals surface area contributed by atoms with Crippen LogP contribution in [0.4, 0.5) is 0 Å². The van der Waals surface area contributed by atoms with Gasteiger partial charge in [0.05, 0.1) is 18.0 Å². The third kappa shape index (κ3) is 11.2. The molecule has 0 amide bonds. The van der Waals surface area contributed by atoms with E-state index in [1.54, 1.807) is 5.57 Å². The topological polar surface area (TPSA) is 29.5 Å².